The second-order valence-corrected chi connectivity index (χ2v) is 9.47. The van der Waals surface area contributed by atoms with Gasteiger partial charge in [0.15, 0.2) is 5.88 Å². The summed E-state index contributed by atoms with van der Waals surface area (Å²) in [6.07, 6.45) is 6.59. The van der Waals surface area contributed by atoms with Crippen molar-refractivity contribution in [2.75, 3.05) is 19.6 Å². The van der Waals surface area contributed by atoms with Crippen molar-refractivity contribution in [2.24, 2.45) is 5.92 Å². The molecule has 0 aliphatic carbocycles. The van der Waals surface area contributed by atoms with Crippen molar-refractivity contribution in [1.29, 1.82) is 0 Å². The Hall–Kier alpha value is -2.86. The molecule has 0 spiro atoms. The van der Waals surface area contributed by atoms with Gasteiger partial charge in [-0.1, -0.05) is 38.5 Å². The summed E-state index contributed by atoms with van der Waals surface area (Å²) in [4.78, 5) is 15.3. The maximum Gasteiger partial charge on any atom is 0.251 e. The number of rotatable bonds is 8. The van der Waals surface area contributed by atoms with Crippen LogP contribution < -0.4 is 5.32 Å². The van der Waals surface area contributed by atoms with Gasteiger partial charge in [-0.25, -0.2) is 4.39 Å². The van der Waals surface area contributed by atoms with Gasteiger partial charge in [-0.3, -0.25) is 4.79 Å². The van der Waals surface area contributed by atoms with Crippen LogP contribution in [0.15, 0.2) is 48.7 Å². The van der Waals surface area contributed by atoms with Crippen LogP contribution in [0.2, 0.25) is 0 Å². The molecule has 176 valence electrons. The summed E-state index contributed by atoms with van der Waals surface area (Å²) in [6.45, 7) is 7.73. The number of piperidine rings is 1. The van der Waals surface area contributed by atoms with Crippen molar-refractivity contribution in [3.63, 3.8) is 0 Å². The Labute approximate surface area is 195 Å². The van der Waals surface area contributed by atoms with Crippen molar-refractivity contribution in [3.05, 3.63) is 65.6 Å². The lowest BCUT2D eigenvalue weighted by Gasteiger charge is -2.38. The lowest BCUT2D eigenvalue weighted by molar-refractivity contribution is 0.0937. The van der Waals surface area contributed by atoms with Crippen LogP contribution in [-0.2, 0) is 6.54 Å². The number of nitrogens with one attached hydrogen (secondary N) is 1. The summed E-state index contributed by atoms with van der Waals surface area (Å²) in [5.74, 6) is 0.303. The first-order chi connectivity index (χ1) is 15.9. The third-order valence-corrected chi connectivity index (χ3v) is 6.71. The summed E-state index contributed by atoms with van der Waals surface area (Å²) in [6, 6.07) is 12.3. The van der Waals surface area contributed by atoms with Crippen LogP contribution >= 0.6 is 0 Å². The number of fused-ring (bicyclic) bond motifs is 1. The highest BCUT2D eigenvalue weighted by molar-refractivity contribution is 6.00. The lowest BCUT2D eigenvalue weighted by atomic mass is 9.92. The van der Waals surface area contributed by atoms with E-state index in [1.807, 2.05) is 18.3 Å². The number of nitrogens with zero attached hydrogens (tertiary/aromatic N) is 2. The van der Waals surface area contributed by atoms with Gasteiger partial charge >= 0.3 is 0 Å². The molecule has 1 aliphatic heterocycles. The minimum absolute atomic E-state index is 0.0775. The molecule has 2 N–H and O–H groups in total. The summed E-state index contributed by atoms with van der Waals surface area (Å²) in [5.41, 5.74) is 1.29. The van der Waals surface area contributed by atoms with E-state index in [9.17, 15) is 14.3 Å². The molecule has 4 rings (SSSR count). The zero-order valence-electron chi connectivity index (χ0n) is 19.6. The van der Waals surface area contributed by atoms with Crippen molar-refractivity contribution in [3.8, 4) is 5.88 Å². The van der Waals surface area contributed by atoms with Gasteiger partial charge in [0.2, 0.25) is 0 Å². The highest BCUT2D eigenvalue weighted by Crippen LogP contribution is 2.29. The second-order valence-electron chi connectivity index (χ2n) is 9.47. The monoisotopic (exact) mass is 451 g/mol. The van der Waals surface area contributed by atoms with E-state index in [0.29, 0.717) is 36.0 Å². The zero-order valence-corrected chi connectivity index (χ0v) is 19.6. The average Bonchev–Trinajstić information content (AvgIpc) is 3.11. The predicted molar refractivity (Wildman–Crippen MR) is 130 cm³/mol. The van der Waals surface area contributed by atoms with Crippen LogP contribution in [0.5, 0.6) is 5.88 Å². The number of aromatic nitrogens is 1. The van der Waals surface area contributed by atoms with E-state index in [-0.39, 0.29) is 17.6 Å². The van der Waals surface area contributed by atoms with E-state index >= 15 is 0 Å². The molecule has 33 heavy (non-hydrogen) atoms. The SMILES string of the molecule is CC(C)C1CCCCN1CCCNC(=O)c1ccc2cn(Cc3cccc(F)c3)c(O)c2c1. The topological polar surface area (TPSA) is 57.5 Å². The number of benzene rings is 2. The molecular weight excluding hydrogens is 417 g/mol. The molecule has 1 aliphatic rings. The van der Waals surface area contributed by atoms with Gasteiger partial charge in [-0.15, -0.1) is 0 Å². The maximum atomic E-state index is 13.5. The van der Waals surface area contributed by atoms with Gasteiger partial charge in [0.05, 0.1) is 6.54 Å². The van der Waals surface area contributed by atoms with Crippen molar-refractivity contribution in [1.82, 2.24) is 14.8 Å². The van der Waals surface area contributed by atoms with Gasteiger partial charge in [0, 0.05) is 41.7 Å². The fourth-order valence-electron chi connectivity index (χ4n) is 4.98. The number of carbonyl (C=O) groups excluding carboxylic acids is 1. The molecule has 6 heteroatoms. The molecule has 0 radical (unpaired) electrons. The Balaban J connectivity index is 1.36. The number of hydrogen-bond acceptors (Lipinski definition) is 3. The van der Waals surface area contributed by atoms with Gasteiger partial charge in [0.25, 0.3) is 5.91 Å². The second kappa shape index (κ2) is 10.4. The van der Waals surface area contributed by atoms with Crippen molar-refractivity contribution in [2.45, 2.75) is 52.1 Å². The number of halogens is 1. The molecule has 1 unspecified atom stereocenters. The minimum atomic E-state index is -0.303. The third kappa shape index (κ3) is 5.56. The molecule has 1 saturated heterocycles. The molecule has 5 nitrogen and oxygen atoms in total. The smallest absolute Gasteiger partial charge is 0.251 e. The zero-order chi connectivity index (χ0) is 23.4. The number of amides is 1. The minimum Gasteiger partial charge on any atom is -0.494 e. The predicted octanol–water partition coefficient (Wildman–Crippen LogP) is 5.16. The highest BCUT2D eigenvalue weighted by Gasteiger charge is 2.24. The Kier molecular flexibility index (Phi) is 7.33. The number of hydrogen-bond donors (Lipinski definition) is 2. The Morgan fingerprint density at radius 2 is 2.06 bits per heavy atom. The molecule has 2 heterocycles. The highest BCUT2D eigenvalue weighted by atomic mass is 19.1. The van der Waals surface area contributed by atoms with Crippen LogP contribution in [0, 0.1) is 11.7 Å². The average molecular weight is 452 g/mol. The first-order valence-electron chi connectivity index (χ1n) is 12.0. The summed E-state index contributed by atoms with van der Waals surface area (Å²) >= 11 is 0. The molecule has 0 bridgehead atoms. The number of likely N-dealkylation sites (tertiary alicyclic amines) is 1. The summed E-state index contributed by atoms with van der Waals surface area (Å²) < 4.78 is 15.2. The normalized spacial score (nSPS) is 17.0. The van der Waals surface area contributed by atoms with E-state index in [0.717, 1.165) is 30.5 Å². The standard InChI is InChI=1S/C27H34FN3O2/c1-19(2)25-9-3-4-13-30(25)14-6-12-29-26(32)21-10-11-22-18-31(27(33)24(22)16-21)17-20-7-5-8-23(28)15-20/h5,7-8,10-11,15-16,18-19,25,33H,3-4,6,9,12-14,17H2,1-2H3,(H,29,32). The lowest BCUT2D eigenvalue weighted by Crippen LogP contribution is -2.43. The Morgan fingerprint density at radius 3 is 2.85 bits per heavy atom. The van der Waals surface area contributed by atoms with Crippen LogP contribution in [0.4, 0.5) is 4.39 Å². The first-order valence-corrected chi connectivity index (χ1v) is 12.0. The third-order valence-electron chi connectivity index (χ3n) is 6.71. The van der Waals surface area contributed by atoms with Crippen molar-refractivity contribution < 1.29 is 14.3 Å². The summed E-state index contributed by atoms with van der Waals surface area (Å²) in [5, 5.41) is 15.2. The fourth-order valence-corrected chi connectivity index (χ4v) is 4.98. The van der Waals surface area contributed by atoms with Crippen LogP contribution in [-0.4, -0.2) is 46.2 Å². The molecule has 1 amide bonds. The molecule has 0 saturated carbocycles. The summed E-state index contributed by atoms with van der Waals surface area (Å²) in [7, 11) is 0. The largest absolute Gasteiger partial charge is 0.494 e. The van der Waals surface area contributed by atoms with E-state index in [1.54, 1.807) is 22.8 Å². The molecule has 3 aromatic rings. The van der Waals surface area contributed by atoms with Gasteiger partial charge in [-0.2, -0.15) is 0 Å². The fraction of sp³-hybridized carbons (Fsp3) is 0.444. The van der Waals surface area contributed by atoms with Gasteiger partial charge in [0.1, 0.15) is 5.82 Å². The van der Waals surface area contributed by atoms with Crippen molar-refractivity contribution >= 4 is 16.7 Å². The first kappa shape index (κ1) is 23.3. The van der Waals surface area contributed by atoms with Gasteiger partial charge in [-0.05, 0) is 61.6 Å². The van der Waals surface area contributed by atoms with E-state index < -0.39 is 0 Å². The number of aromatic hydroxyl groups is 1. The molecule has 1 atom stereocenters. The van der Waals surface area contributed by atoms with Gasteiger partial charge < -0.3 is 19.9 Å². The Bertz CT molecular complexity index is 1110. The Morgan fingerprint density at radius 1 is 1.21 bits per heavy atom. The molecule has 1 fully saturated rings. The molecular formula is C27H34FN3O2. The van der Waals surface area contributed by atoms with Crippen LogP contribution in [0.3, 0.4) is 0 Å². The van der Waals surface area contributed by atoms with E-state index in [4.69, 9.17) is 0 Å². The van der Waals surface area contributed by atoms with Crippen LogP contribution in [0.1, 0.15) is 55.5 Å². The quantitative estimate of drug-likeness (QED) is 0.465. The number of carbonyl (C=O) groups is 1. The molecule has 1 aromatic heterocycles. The molecule has 2 aromatic carbocycles. The van der Waals surface area contributed by atoms with E-state index in [1.165, 1.54) is 31.4 Å². The van der Waals surface area contributed by atoms with Crippen LogP contribution in [0.25, 0.3) is 10.8 Å². The maximum absolute atomic E-state index is 13.5. The van der Waals surface area contributed by atoms with E-state index in [2.05, 4.69) is 24.1 Å².